The largest absolute Gasteiger partial charge is 0.508 e. The Kier molecular flexibility index (Phi) is 4.03. The van der Waals surface area contributed by atoms with Crippen LogP contribution < -0.4 is 0 Å². The van der Waals surface area contributed by atoms with Crippen molar-refractivity contribution in [3.05, 3.63) is 47.5 Å². The molecule has 0 saturated carbocycles. The average Bonchev–Trinajstić information content (AvgIpc) is 2.39. The second kappa shape index (κ2) is 5.58. The van der Waals surface area contributed by atoms with Gasteiger partial charge < -0.3 is 10.2 Å². The van der Waals surface area contributed by atoms with Crippen LogP contribution in [-0.4, -0.2) is 10.2 Å². The molecule has 0 unspecified atom stereocenters. The highest BCUT2D eigenvalue weighted by atomic mass is 16.3. The Morgan fingerprint density at radius 1 is 0.800 bits per heavy atom. The number of aromatic hydroxyl groups is 2. The molecule has 20 heavy (non-hydrogen) atoms. The molecule has 2 aromatic carbocycles. The summed E-state index contributed by atoms with van der Waals surface area (Å²) in [6.45, 7) is 8.22. The van der Waals surface area contributed by atoms with E-state index in [-0.39, 0.29) is 11.8 Å². The number of para-hydroxylation sites is 1. The van der Waals surface area contributed by atoms with E-state index in [1.54, 1.807) is 6.07 Å². The summed E-state index contributed by atoms with van der Waals surface area (Å²) in [5, 5.41) is 20.4. The van der Waals surface area contributed by atoms with Crippen molar-refractivity contribution in [1.82, 2.24) is 0 Å². The molecule has 0 spiro atoms. The van der Waals surface area contributed by atoms with E-state index in [0.717, 1.165) is 22.3 Å². The van der Waals surface area contributed by atoms with E-state index in [1.165, 1.54) is 0 Å². The van der Waals surface area contributed by atoms with Crippen LogP contribution in [0.1, 0.15) is 50.7 Å². The minimum Gasteiger partial charge on any atom is -0.508 e. The number of rotatable bonds is 3. The summed E-state index contributed by atoms with van der Waals surface area (Å²) in [5.41, 5.74) is 3.60. The molecule has 0 atom stereocenters. The minimum atomic E-state index is 0.241. The maximum atomic E-state index is 10.4. The van der Waals surface area contributed by atoms with Crippen LogP contribution in [0.25, 0.3) is 11.1 Å². The van der Waals surface area contributed by atoms with E-state index in [9.17, 15) is 10.2 Å². The van der Waals surface area contributed by atoms with Crippen LogP contribution in [0.4, 0.5) is 0 Å². The first-order chi connectivity index (χ1) is 9.41. The second-order valence-corrected chi connectivity index (χ2v) is 5.83. The van der Waals surface area contributed by atoms with Crippen LogP contribution in [0.5, 0.6) is 11.5 Å². The van der Waals surface area contributed by atoms with Crippen molar-refractivity contribution >= 4 is 0 Å². The Morgan fingerprint density at radius 3 is 2.05 bits per heavy atom. The Hall–Kier alpha value is -1.96. The van der Waals surface area contributed by atoms with Crippen molar-refractivity contribution in [3.8, 4) is 22.6 Å². The summed E-state index contributed by atoms with van der Waals surface area (Å²) in [6, 6.07) is 11.3. The van der Waals surface area contributed by atoms with E-state index in [2.05, 4.69) is 13.8 Å². The van der Waals surface area contributed by atoms with Gasteiger partial charge in [-0.15, -0.1) is 0 Å². The molecular weight excluding hydrogens is 248 g/mol. The summed E-state index contributed by atoms with van der Waals surface area (Å²) >= 11 is 0. The zero-order chi connectivity index (χ0) is 14.9. The molecular formula is C18H22O2. The van der Waals surface area contributed by atoms with Gasteiger partial charge in [0.25, 0.3) is 0 Å². The van der Waals surface area contributed by atoms with Crippen LogP contribution in [0.2, 0.25) is 0 Å². The Balaban J connectivity index is 2.57. The molecule has 0 aromatic heterocycles. The van der Waals surface area contributed by atoms with E-state index in [0.29, 0.717) is 11.5 Å². The van der Waals surface area contributed by atoms with E-state index < -0.39 is 0 Å². The zero-order valence-corrected chi connectivity index (χ0v) is 12.5. The highest BCUT2D eigenvalue weighted by molar-refractivity contribution is 5.73. The van der Waals surface area contributed by atoms with E-state index >= 15 is 0 Å². The van der Waals surface area contributed by atoms with Crippen molar-refractivity contribution in [3.63, 3.8) is 0 Å². The molecule has 0 fully saturated rings. The fourth-order valence-corrected chi connectivity index (χ4v) is 2.44. The Morgan fingerprint density at radius 2 is 1.45 bits per heavy atom. The lowest BCUT2D eigenvalue weighted by molar-refractivity contribution is 0.463. The van der Waals surface area contributed by atoms with E-state index in [4.69, 9.17) is 0 Å². The second-order valence-electron chi connectivity index (χ2n) is 5.83. The molecule has 2 rings (SSSR count). The van der Waals surface area contributed by atoms with Crippen LogP contribution >= 0.6 is 0 Å². The van der Waals surface area contributed by atoms with Gasteiger partial charge in [-0.3, -0.25) is 0 Å². The van der Waals surface area contributed by atoms with Crippen molar-refractivity contribution in [2.45, 2.75) is 39.5 Å². The average molecular weight is 270 g/mol. The maximum Gasteiger partial charge on any atom is 0.126 e. The van der Waals surface area contributed by atoms with Gasteiger partial charge in [-0.05, 0) is 40.7 Å². The monoisotopic (exact) mass is 270 g/mol. The van der Waals surface area contributed by atoms with E-state index in [1.807, 2.05) is 44.2 Å². The summed E-state index contributed by atoms with van der Waals surface area (Å²) in [6.07, 6.45) is 0. The lowest BCUT2D eigenvalue weighted by atomic mass is 9.93. The third-order valence-corrected chi connectivity index (χ3v) is 3.65. The van der Waals surface area contributed by atoms with Gasteiger partial charge in [0.1, 0.15) is 11.5 Å². The topological polar surface area (TPSA) is 40.5 Å². The summed E-state index contributed by atoms with van der Waals surface area (Å²) < 4.78 is 0. The van der Waals surface area contributed by atoms with Gasteiger partial charge in [0.15, 0.2) is 0 Å². The molecule has 0 aliphatic rings. The maximum absolute atomic E-state index is 10.4. The van der Waals surface area contributed by atoms with Gasteiger partial charge in [-0.25, -0.2) is 0 Å². The van der Waals surface area contributed by atoms with Crippen molar-refractivity contribution in [1.29, 1.82) is 0 Å². The van der Waals surface area contributed by atoms with Crippen LogP contribution in [0.15, 0.2) is 36.4 Å². The number of phenolic OH excluding ortho intramolecular Hbond substituents is 2. The molecule has 2 nitrogen and oxygen atoms in total. The number of phenols is 2. The Labute approximate surface area is 120 Å². The van der Waals surface area contributed by atoms with Crippen LogP contribution in [0, 0.1) is 0 Å². The first kappa shape index (κ1) is 14.4. The predicted octanol–water partition coefficient (Wildman–Crippen LogP) is 5.01. The quantitative estimate of drug-likeness (QED) is 0.822. The first-order valence-corrected chi connectivity index (χ1v) is 7.07. The molecule has 0 saturated heterocycles. The molecule has 0 bridgehead atoms. The fourth-order valence-electron chi connectivity index (χ4n) is 2.44. The normalized spacial score (nSPS) is 11.3. The molecule has 2 aromatic rings. The molecule has 0 amide bonds. The van der Waals surface area contributed by atoms with Gasteiger partial charge in [0, 0.05) is 5.56 Å². The fraction of sp³-hybridized carbons (Fsp3) is 0.333. The molecule has 2 N–H and O–H groups in total. The van der Waals surface area contributed by atoms with Crippen molar-refractivity contribution in [2.24, 2.45) is 0 Å². The van der Waals surface area contributed by atoms with Crippen molar-refractivity contribution < 1.29 is 10.2 Å². The Bertz CT molecular complexity index is 613. The lowest BCUT2D eigenvalue weighted by Gasteiger charge is -2.15. The molecule has 0 aliphatic carbocycles. The smallest absolute Gasteiger partial charge is 0.126 e. The standard InChI is InChI=1S/C18H22O2/c1-11(2)14-6-5-7-15(18(14)20)13-8-9-17(19)16(10-13)12(3)4/h5-12,19-20H,1-4H3. The molecule has 106 valence electrons. The minimum absolute atomic E-state index is 0.241. The van der Waals surface area contributed by atoms with Gasteiger partial charge in [-0.2, -0.15) is 0 Å². The van der Waals surface area contributed by atoms with Gasteiger partial charge in [0.05, 0.1) is 0 Å². The van der Waals surface area contributed by atoms with Gasteiger partial charge in [0.2, 0.25) is 0 Å². The predicted molar refractivity (Wildman–Crippen MR) is 83.4 cm³/mol. The highest BCUT2D eigenvalue weighted by Crippen LogP contribution is 2.38. The summed E-state index contributed by atoms with van der Waals surface area (Å²) in [4.78, 5) is 0. The van der Waals surface area contributed by atoms with Crippen LogP contribution in [-0.2, 0) is 0 Å². The SMILES string of the molecule is CC(C)c1cc(-c2cccc(C(C)C)c2O)ccc1O. The number of hydrogen-bond donors (Lipinski definition) is 2. The van der Waals surface area contributed by atoms with Crippen LogP contribution in [0.3, 0.4) is 0 Å². The third-order valence-electron chi connectivity index (χ3n) is 3.65. The number of benzene rings is 2. The molecule has 0 aliphatic heterocycles. The first-order valence-electron chi connectivity index (χ1n) is 7.07. The third kappa shape index (κ3) is 2.64. The summed E-state index contributed by atoms with van der Waals surface area (Å²) in [5.74, 6) is 1.16. The molecule has 0 heterocycles. The highest BCUT2D eigenvalue weighted by Gasteiger charge is 2.13. The van der Waals surface area contributed by atoms with Gasteiger partial charge >= 0.3 is 0 Å². The van der Waals surface area contributed by atoms with Crippen molar-refractivity contribution in [2.75, 3.05) is 0 Å². The summed E-state index contributed by atoms with van der Waals surface area (Å²) in [7, 11) is 0. The number of hydrogen-bond acceptors (Lipinski definition) is 2. The zero-order valence-electron chi connectivity index (χ0n) is 12.5. The van der Waals surface area contributed by atoms with Gasteiger partial charge in [-0.1, -0.05) is 52.0 Å². The lowest BCUT2D eigenvalue weighted by Crippen LogP contribution is -1.92. The molecule has 0 radical (unpaired) electrons. The molecule has 2 heteroatoms.